The lowest BCUT2D eigenvalue weighted by Crippen LogP contribution is -2.20. The summed E-state index contributed by atoms with van der Waals surface area (Å²) in [6, 6.07) is 17.2. The molecule has 2 heterocycles. The summed E-state index contributed by atoms with van der Waals surface area (Å²) in [5.74, 6) is -0.122. The molecule has 0 aliphatic heterocycles. The second kappa shape index (κ2) is 11.0. The largest absolute Gasteiger partial charge is 0.465 e. The number of methoxy groups -OCH3 is 1. The van der Waals surface area contributed by atoms with Gasteiger partial charge in [-0.1, -0.05) is 59.6 Å². The van der Waals surface area contributed by atoms with E-state index in [0.717, 1.165) is 16.0 Å². The summed E-state index contributed by atoms with van der Waals surface area (Å²) < 4.78 is 6.58. The molecule has 0 saturated heterocycles. The van der Waals surface area contributed by atoms with Crippen LogP contribution in [0.5, 0.6) is 0 Å². The van der Waals surface area contributed by atoms with Crippen LogP contribution in [-0.4, -0.2) is 33.0 Å². The number of nitrogens with one attached hydrogen (secondary N) is 2. The second-order valence-electron chi connectivity index (χ2n) is 7.20. The van der Waals surface area contributed by atoms with Gasteiger partial charge in [-0.15, -0.1) is 16.4 Å². The van der Waals surface area contributed by atoms with Crippen LogP contribution < -0.4 is 10.6 Å². The predicted molar refractivity (Wildman–Crippen MR) is 140 cm³/mol. The monoisotopic (exact) mass is 531 g/mol. The van der Waals surface area contributed by atoms with E-state index < -0.39 is 5.97 Å². The van der Waals surface area contributed by atoms with Crippen molar-refractivity contribution in [3.8, 4) is 0 Å². The fourth-order valence-corrected chi connectivity index (χ4v) is 4.83. The lowest BCUT2D eigenvalue weighted by molar-refractivity contribution is 0.0602. The van der Waals surface area contributed by atoms with Crippen LogP contribution in [0.3, 0.4) is 0 Å². The van der Waals surface area contributed by atoms with Crippen molar-refractivity contribution in [1.82, 2.24) is 14.8 Å². The summed E-state index contributed by atoms with van der Waals surface area (Å²) in [6.45, 7) is 0.464. The van der Waals surface area contributed by atoms with E-state index in [2.05, 4.69) is 20.7 Å². The minimum Gasteiger partial charge on any atom is -0.465 e. The first-order chi connectivity index (χ1) is 16.4. The summed E-state index contributed by atoms with van der Waals surface area (Å²) in [7, 11) is 1.35. The van der Waals surface area contributed by atoms with Gasteiger partial charge in [0.05, 0.1) is 29.3 Å². The molecule has 11 heteroatoms. The first-order valence-corrected chi connectivity index (χ1v) is 12.1. The van der Waals surface area contributed by atoms with E-state index in [9.17, 15) is 4.79 Å². The Morgan fingerprint density at radius 2 is 1.88 bits per heavy atom. The zero-order valence-electron chi connectivity index (χ0n) is 17.9. The van der Waals surface area contributed by atoms with E-state index in [1.807, 2.05) is 42.5 Å². The lowest BCUT2D eigenvalue weighted by Gasteiger charge is -2.08. The number of anilines is 2. The summed E-state index contributed by atoms with van der Waals surface area (Å²) in [5.41, 5.74) is 2.49. The van der Waals surface area contributed by atoms with Gasteiger partial charge in [0.15, 0.2) is 5.11 Å². The Kier molecular flexibility index (Phi) is 7.79. The van der Waals surface area contributed by atoms with Crippen LogP contribution in [0, 0.1) is 0 Å². The first-order valence-electron chi connectivity index (χ1n) is 10.1. The van der Waals surface area contributed by atoms with Crippen LogP contribution in [0.25, 0.3) is 0 Å². The van der Waals surface area contributed by atoms with Gasteiger partial charge in [0.25, 0.3) is 0 Å². The molecule has 0 bridgehead atoms. The number of hydrogen-bond donors (Lipinski definition) is 2. The van der Waals surface area contributed by atoms with Crippen molar-refractivity contribution >= 4 is 68.8 Å². The van der Waals surface area contributed by atoms with Crippen molar-refractivity contribution in [2.24, 2.45) is 0 Å². The number of halogens is 2. The summed E-state index contributed by atoms with van der Waals surface area (Å²) in [6.07, 6.45) is 2.27. The molecule has 4 rings (SSSR count). The van der Waals surface area contributed by atoms with Gasteiger partial charge in [-0.2, -0.15) is 0 Å². The molecule has 0 amide bonds. The van der Waals surface area contributed by atoms with Crippen LogP contribution >= 0.6 is 46.8 Å². The van der Waals surface area contributed by atoms with Crippen molar-refractivity contribution < 1.29 is 9.53 Å². The average Bonchev–Trinajstić information content (AvgIpc) is 3.42. The van der Waals surface area contributed by atoms with Crippen molar-refractivity contribution in [3.63, 3.8) is 0 Å². The lowest BCUT2D eigenvalue weighted by atomic mass is 10.1. The third-order valence-corrected chi connectivity index (χ3v) is 6.72. The number of thiophene rings is 1. The molecule has 0 aliphatic rings. The van der Waals surface area contributed by atoms with Gasteiger partial charge >= 0.3 is 5.97 Å². The number of ether oxygens (including phenoxy) is 1. The Labute approximate surface area is 215 Å². The Balaban J connectivity index is 1.43. The third kappa shape index (κ3) is 6.12. The average molecular weight is 532 g/mol. The molecular formula is C23H19Cl2N5O2S2. The van der Waals surface area contributed by atoms with Crippen molar-refractivity contribution in [2.45, 2.75) is 13.0 Å². The zero-order valence-corrected chi connectivity index (χ0v) is 21.1. The van der Waals surface area contributed by atoms with Gasteiger partial charge < -0.3 is 10.1 Å². The van der Waals surface area contributed by atoms with Gasteiger partial charge in [0.2, 0.25) is 5.95 Å². The maximum atomic E-state index is 12.3. The summed E-state index contributed by atoms with van der Waals surface area (Å²) in [4.78, 5) is 17.5. The van der Waals surface area contributed by atoms with Gasteiger partial charge in [-0.3, -0.25) is 5.32 Å². The molecule has 2 aromatic heterocycles. The Bertz CT molecular complexity index is 1320. The summed E-state index contributed by atoms with van der Waals surface area (Å²) in [5, 5.41) is 12.2. The van der Waals surface area contributed by atoms with Crippen molar-refractivity contribution in [1.29, 1.82) is 0 Å². The van der Waals surface area contributed by atoms with Crippen LogP contribution in [-0.2, 0) is 17.7 Å². The Morgan fingerprint density at radius 3 is 2.62 bits per heavy atom. The molecule has 34 heavy (non-hydrogen) atoms. The van der Waals surface area contributed by atoms with Crippen LogP contribution in [0.15, 0.2) is 60.9 Å². The standard InChI is InChI=1S/C23H19Cl2N5O2S2/c1-32-21(31)17-11-16(9-14-5-3-2-4-6-14)34-20(17)27-23(33)28-22-26-13-30(29-22)12-15-7-8-18(24)19(25)10-15/h2-8,10-11,13H,9,12H2,1H3,(H2,27,28,29,33). The van der Waals surface area contributed by atoms with E-state index >= 15 is 0 Å². The fourth-order valence-electron chi connectivity index (χ4n) is 3.17. The fraction of sp³-hybridized carbons (Fsp3) is 0.130. The van der Waals surface area contributed by atoms with Gasteiger partial charge in [-0.25, -0.2) is 14.5 Å². The highest BCUT2D eigenvalue weighted by molar-refractivity contribution is 7.80. The van der Waals surface area contributed by atoms with E-state index in [1.54, 1.807) is 23.1 Å². The Hall–Kier alpha value is -2.98. The SMILES string of the molecule is COC(=O)c1cc(Cc2ccccc2)sc1NC(=S)Nc1ncn(Cc2ccc(Cl)c(Cl)c2)n1. The quantitative estimate of drug-likeness (QED) is 0.227. The van der Waals surface area contributed by atoms with Crippen molar-refractivity contribution in [2.75, 3.05) is 17.7 Å². The molecule has 0 atom stereocenters. The molecule has 0 fully saturated rings. The van der Waals surface area contributed by atoms with Gasteiger partial charge in [0, 0.05) is 11.3 Å². The summed E-state index contributed by atoms with van der Waals surface area (Å²) >= 11 is 18.9. The molecular weight excluding hydrogens is 513 g/mol. The molecule has 7 nitrogen and oxygen atoms in total. The van der Waals surface area contributed by atoms with Gasteiger partial charge in [-0.05, 0) is 41.5 Å². The number of esters is 1. The number of benzene rings is 2. The molecule has 0 aliphatic carbocycles. The minimum atomic E-state index is -0.440. The topological polar surface area (TPSA) is 81.1 Å². The number of hydrogen-bond acceptors (Lipinski definition) is 6. The molecule has 0 saturated carbocycles. The number of carbonyl (C=O) groups excluding carboxylic acids is 1. The van der Waals surface area contributed by atoms with Crippen LogP contribution in [0.4, 0.5) is 10.9 Å². The molecule has 0 unspecified atom stereocenters. The van der Waals surface area contributed by atoms with Crippen LogP contribution in [0.1, 0.15) is 26.4 Å². The zero-order chi connectivity index (χ0) is 24.1. The minimum absolute atomic E-state index is 0.255. The molecule has 0 spiro atoms. The predicted octanol–water partition coefficient (Wildman–Crippen LogP) is 5.88. The van der Waals surface area contributed by atoms with Crippen molar-refractivity contribution in [3.05, 3.63) is 92.5 Å². The molecule has 4 aromatic rings. The maximum Gasteiger partial charge on any atom is 0.340 e. The molecule has 0 radical (unpaired) electrons. The molecule has 174 valence electrons. The number of nitrogens with zero attached hydrogens (tertiary/aromatic N) is 3. The maximum absolute atomic E-state index is 12.3. The number of aromatic nitrogens is 3. The third-order valence-electron chi connectivity index (χ3n) is 4.73. The Morgan fingerprint density at radius 1 is 1.09 bits per heavy atom. The highest BCUT2D eigenvalue weighted by Gasteiger charge is 2.18. The molecule has 2 N–H and O–H groups in total. The highest BCUT2D eigenvalue weighted by atomic mass is 35.5. The van der Waals surface area contributed by atoms with Gasteiger partial charge in [0.1, 0.15) is 11.3 Å². The first kappa shape index (κ1) is 24.2. The second-order valence-corrected chi connectivity index (χ2v) is 9.56. The molecule has 2 aromatic carbocycles. The highest BCUT2D eigenvalue weighted by Crippen LogP contribution is 2.30. The number of rotatable bonds is 7. The van der Waals surface area contributed by atoms with E-state index in [0.29, 0.717) is 39.5 Å². The smallest absolute Gasteiger partial charge is 0.340 e. The normalized spacial score (nSPS) is 10.7. The van der Waals surface area contributed by atoms with E-state index in [-0.39, 0.29) is 5.11 Å². The van der Waals surface area contributed by atoms with E-state index in [1.165, 1.54) is 18.4 Å². The van der Waals surface area contributed by atoms with E-state index in [4.69, 9.17) is 40.2 Å². The number of thiocarbonyl (C=S) groups is 1. The van der Waals surface area contributed by atoms with Crippen LogP contribution in [0.2, 0.25) is 10.0 Å². The number of carbonyl (C=O) groups is 1.